The van der Waals surface area contributed by atoms with Crippen molar-refractivity contribution in [3.05, 3.63) is 54.2 Å². The molecule has 1 aliphatic rings. The molecule has 0 radical (unpaired) electrons. The van der Waals surface area contributed by atoms with Crippen LogP contribution in [0.4, 0.5) is 0 Å². The Kier molecular flexibility index (Phi) is 5.64. The number of aromatic nitrogens is 1. The highest BCUT2D eigenvalue weighted by Gasteiger charge is 2.23. The Morgan fingerprint density at radius 1 is 1.33 bits per heavy atom. The summed E-state index contributed by atoms with van der Waals surface area (Å²) in [5, 5.41) is 0. The molecule has 1 amide bonds. The van der Waals surface area contributed by atoms with Gasteiger partial charge in [-0.3, -0.25) is 14.7 Å². The molecule has 2 aromatic heterocycles. The Balaban J connectivity index is 1.51. The molecule has 1 aliphatic heterocycles. The second kappa shape index (κ2) is 8.11. The fraction of sp³-hybridized carbons (Fsp3) is 0.474. The average molecular weight is 327 g/mol. The number of likely N-dealkylation sites (tertiary alicyclic amines) is 1. The van der Waals surface area contributed by atoms with Gasteiger partial charge in [-0.1, -0.05) is 6.07 Å². The van der Waals surface area contributed by atoms with Crippen LogP contribution in [0.3, 0.4) is 0 Å². The molecule has 0 spiro atoms. The van der Waals surface area contributed by atoms with Gasteiger partial charge >= 0.3 is 0 Å². The molecular weight excluding hydrogens is 302 g/mol. The Morgan fingerprint density at radius 3 is 3.00 bits per heavy atom. The van der Waals surface area contributed by atoms with Crippen molar-refractivity contribution in [2.24, 2.45) is 0 Å². The molecule has 5 nitrogen and oxygen atoms in total. The second-order valence-electron chi connectivity index (χ2n) is 6.51. The highest BCUT2D eigenvalue weighted by molar-refractivity contribution is 5.78. The van der Waals surface area contributed by atoms with E-state index in [1.165, 1.54) is 0 Å². The Labute approximate surface area is 143 Å². The van der Waals surface area contributed by atoms with E-state index in [1.807, 2.05) is 29.3 Å². The minimum Gasteiger partial charge on any atom is -0.472 e. The lowest BCUT2D eigenvalue weighted by atomic mass is 10.1. The first kappa shape index (κ1) is 16.7. The number of nitrogens with zero attached hydrogens (tertiary/aromatic N) is 3. The Hall–Kier alpha value is -2.14. The number of furan rings is 1. The number of pyridine rings is 1. The highest BCUT2D eigenvalue weighted by Crippen LogP contribution is 2.18. The molecule has 1 fully saturated rings. The van der Waals surface area contributed by atoms with E-state index in [-0.39, 0.29) is 5.91 Å². The first-order valence-electron chi connectivity index (χ1n) is 8.61. The number of carbonyl (C=O) groups excluding carboxylic acids is 1. The van der Waals surface area contributed by atoms with E-state index in [0.717, 1.165) is 50.2 Å². The first-order chi connectivity index (χ1) is 11.7. The Morgan fingerprint density at radius 2 is 2.25 bits per heavy atom. The fourth-order valence-electron chi connectivity index (χ4n) is 3.32. The summed E-state index contributed by atoms with van der Waals surface area (Å²) in [6.45, 7) is 2.53. The molecule has 3 rings (SSSR count). The zero-order valence-electron chi connectivity index (χ0n) is 14.2. The summed E-state index contributed by atoms with van der Waals surface area (Å²) in [5.41, 5.74) is 2.05. The van der Waals surface area contributed by atoms with Crippen LogP contribution in [0.2, 0.25) is 0 Å². The minimum atomic E-state index is 0.199. The predicted molar refractivity (Wildman–Crippen MR) is 92.3 cm³/mol. The van der Waals surface area contributed by atoms with Crippen molar-refractivity contribution < 1.29 is 9.21 Å². The van der Waals surface area contributed by atoms with E-state index >= 15 is 0 Å². The summed E-state index contributed by atoms with van der Waals surface area (Å²) in [7, 11) is 2.16. The van der Waals surface area contributed by atoms with Crippen LogP contribution in [0.1, 0.15) is 30.5 Å². The fourth-order valence-corrected chi connectivity index (χ4v) is 3.32. The Bertz CT molecular complexity index is 627. The molecule has 128 valence electrons. The molecular formula is C19H25N3O2. The van der Waals surface area contributed by atoms with Crippen molar-refractivity contribution >= 4 is 5.91 Å². The van der Waals surface area contributed by atoms with Crippen LogP contribution in [-0.4, -0.2) is 46.9 Å². The summed E-state index contributed by atoms with van der Waals surface area (Å²) < 4.78 is 5.05. The van der Waals surface area contributed by atoms with E-state index in [0.29, 0.717) is 12.5 Å². The van der Waals surface area contributed by atoms with Crippen LogP contribution < -0.4 is 0 Å². The quantitative estimate of drug-likeness (QED) is 0.847. The van der Waals surface area contributed by atoms with Crippen molar-refractivity contribution in [2.75, 3.05) is 20.1 Å². The largest absolute Gasteiger partial charge is 0.472 e. The molecule has 0 N–H and O–H groups in total. The minimum absolute atomic E-state index is 0.199. The summed E-state index contributed by atoms with van der Waals surface area (Å²) in [5.74, 6) is 0.199. The normalized spacial score (nSPS) is 18.6. The molecule has 0 saturated carbocycles. The van der Waals surface area contributed by atoms with E-state index in [1.54, 1.807) is 12.5 Å². The molecule has 1 atom stereocenters. The number of hydrogen-bond donors (Lipinski definition) is 0. The molecule has 1 saturated heterocycles. The third kappa shape index (κ3) is 4.45. The van der Waals surface area contributed by atoms with Gasteiger partial charge in [0.05, 0.1) is 24.6 Å². The maximum atomic E-state index is 12.4. The van der Waals surface area contributed by atoms with Crippen LogP contribution in [0.5, 0.6) is 0 Å². The van der Waals surface area contributed by atoms with Gasteiger partial charge in [0, 0.05) is 31.9 Å². The van der Waals surface area contributed by atoms with Crippen molar-refractivity contribution in [1.29, 1.82) is 0 Å². The van der Waals surface area contributed by atoms with Gasteiger partial charge in [-0.25, -0.2) is 0 Å². The van der Waals surface area contributed by atoms with E-state index in [9.17, 15) is 4.79 Å². The van der Waals surface area contributed by atoms with Crippen molar-refractivity contribution in [1.82, 2.24) is 14.8 Å². The van der Waals surface area contributed by atoms with Gasteiger partial charge in [0.1, 0.15) is 0 Å². The molecule has 3 heterocycles. The first-order valence-corrected chi connectivity index (χ1v) is 8.61. The maximum absolute atomic E-state index is 12.4. The SMILES string of the molecule is CN(Cc1ccccn1)[C@@H]1CCCN(C(=O)Cc2ccoc2)CC1. The standard InChI is InChI=1S/C19H25N3O2/c1-21(14-17-5-2-3-9-20-17)18-6-4-10-22(11-7-18)19(23)13-16-8-12-24-15-16/h2-3,5,8-9,12,15,18H,4,6-7,10-11,13-14H2,1H3/t18-/m1/s1. The van der Waals surface area contributed by atoms with Crippen LogP contribution in [0.25, 0.3) is 0 Å². The summed E-state index contributed by atoms with van der Waals surface area (Å²) in [4.78, 5) is 21.2. The maximum Gasteiger partial charge on any atom is 0.227 e. The smallest absolute Gasteiger partial charge is 0.227 e. The molecule has 5 heteroatoms. The third-order valence-electron chi connectivity index (χ3n) is 4.75. The van der Waals surface area contributed by atoms with Gasteiger partial charge < -0.3 is 9.32 Å². The summed E-state index contributed by atoms with van der Waals surface area (Å²) in [6, 6.07) is 8.39. The number of carbonyl (C=O) groups is 1. The topological polar surface area (TPSA) is 49.6 Å². The van der Waals surface area contributed by atoms with E-state index in [4.69, 9.17) is 4.42 Å². The third-order valence-corrected chi connectivity index (χ3v) is 4.75. The molecule has 0 aliphatic carbocycles. The van der Waals surface area contributed by atoms with Crippen LogP contribution in [-0.2, 0) is 17.8 Å². The second-order valence-corrected chi connectivity index (χ2v) is 6.51. The van der Waals surface area contributed by atoms with Gasteiger partial charge in [0.25, 0.3) is 0 Å². The number of rotatable bonds is 5. The molecule has 2 aromatic rings. The lowest BCUT2D eigenvalue weighted by molar-refractivity contribution is -0.130. The van der Waals surface area contributed by atoms with Crippen molar-refractivity contribution in [3.8, 4) is 0 Å². The predicted octanol–water partition coefficient (Wildman–Crippen LogP) is 2.73. The lowest BCUT2D eigenvalue weighted by Crippen LogP contribution is -2.35. The van der Waals surface area contributed by atoms with Gasteiger partial charge in [-0.05, 0) is 50.1 Å². The number of amides is 1. The van der Waals surface area contributed by atoms with E-state index in [2.05, 4.69) is 23.0 Å². The number of hydrogen-bond acceptors (Lipinski definition) is 4. The summed E-state index contributed by atoms with van der Waals surface area (Å²) >= 11 is 0. The van der Waals surface area contributed by atoms with Gasteiger partial charge in [0.15, 0.2) is 0 Å². The van der Waals surface area contributed by atoms with Crippen molar-refractivity contribution in [3.63, 3.8) is 0 Å². The zero-order chi connectivity index (χ0) is 16.8. The van der Waals surface area contributed by atoms with Gasteiger partial charge in [-0.2, -0.15) is 0 Å². The van der Waals surface area contributed by atoms with Crippen LogP contribution >= 0.6 is 0 Å². The average Bonchev–Trinajstić information content (AvgIpc) is 2.96. The molecule has 24 heavy (non-hydrogen) atoms. The highest BCUT2D eigenvalue weighted by atomic mass is 16.3. The van der Waals surface area contributed by atoms with Crippen LogP contribution in [0.15, 0.2) is 47.4 Å². The van der Waals surface area contributed by atoms with Crippen LogP contribution in [0, 0.1) is 0 Å². The van der Waals surface area contributed by atoms with Crippen molar-refractivity contribution in [2.45, 2.75) is 38.3 Å². The van der Waals surface area contributed by atoms with Gasteiger partial charge in [0.2, 0.25) is 5.91 Å². The van der Waals surface area contributed by atoms with E-state index < -0.39 is 0 Å². The molecule has 0 unspecified atom stereocenters. The summed E-state index contributed by atoms with van der Waals surface area (Å²) in [6.07, 6.45) is 8.73. The monoisotopic (exact) mass is 327 g/mol. The molecule has 0 aromatic carbocycles. The zero-order valence-corrected chi connectivity index (χ0v) is 14.2. The van der Waals surface area contributed by atoms with Gasteiger partial charge in [-0.15, -0.1) is 0 Å². The molecule has 0 bridgehead atoms. The lowest BCUT2D eigenvalue weighted by Gasteiger charge is -2.27.